The van der Waals surface area contributed by atoms with Crippen molar-refractivity contribution in [3.63, 3.8) is 0 Å². The first kappa shape index (κ1) is 21.0. The van der Waals surface area contributed by atoms with Crippen molar-refractivity contribution < 1.29 is 23.9 Å². The van der Waals surface area contributed by atoms with Crippen molar-refractivity contribution in [2.75, 3.05) is 25.1 Å². The van der Waals surface area contributed by atoms with Crippen LogP contribution < -0.4 is 19.5 Å². The minimum Gasteiger partial charge on any atom is -0.490 e. The van der Waals surface area contributed by atoms with E-state index in [-0.39, 0.29) is 11.6 Å². The number of ether oxygens (including phenoxy) is 3. The number of carbonyl (C=O) groups is 1. The van der Waals surface area contributed by atoms with Gasteiger partial charge in [-0.1, -0.05) is 0 Å². The minimum atomic E-state index is -0.478. The van der Waals surface area contributed by atoms with Gasteiger partial charge in [0.1, 0.15) is 0 Å². The molecule has 0 aromatic heterocycles. The molecule has 8 heteroatoms. The third kappa shape index (κ3) is 4.91. The van der Waals surface area contributed by atoms with Crippen LogP contribution in [0.25, 0.3) is 0 Å². The quantitative estimate of drug-likeness (QED) is 0.506. The molecule has 1 amide bonds. The van der Waals surface area contributed by atoms with Crippen LogP contribution in [0, 0.1) is 17.0 Å². The van der Waals surface area contributed by atoms with E-state index in [1.165, 1.54) is 18.2 Å². The molecule has 150 valence electrons. The van der Waals surface area contributed by atoms with Gasteiger partial charge in [-0.2, -0.15) is 0 Å². The summed E-state index contributed by atoms with van der Waals surface area (Å²) in [4.78, 5) is 23.2. The molecule has 0 unspecified atom stereocenters. The van der Waals surface area contributed by atoms with E-state index < -0.39 is 4.92 Å². The SMILES string of the molecule is CCOc1cc(C(=O)Nc2ccc([N+](=O)[O-])cc2C)cc(OCC)c1OCC. The lowest BCUT2D eigenvalue weighted by molar-refractivity contribution is -0.384. The van der Waals surface area contributed by atoms with E-state index in [4.69, 9.17) is 14.2 Å². The summed E-state index contributed by atoms with van der Waals surface area (Å²) < 4.78 is 16.9. The van der Waals surface area contributed by atoms with Gasteiger partial charge in [-0.25, -0.2) is 0 Å². The molecule has 2 rings (SSSR count). The van der Waals surface area contributed by atoms with Crippen LogP contribution in [-0.2, 0) is 0 Å². The van der Waals surface area contributed by atoms with Crippen molar-refractivity contribution in [3.05, 3.63) is 51.6 Å². The van der Waals surface area contributed by atoms with Gasteiger partial charge in [0.2, 0.25) is 5.75 Å². The molecular formula is C20H24N2O6. The third-order valence-electron chi connectivity index (χ3n) is 3.84. The van der Waals surface area contributed by atoms with E-state index in [0.717, 1.165) is 0 Å². The summed E-state index contributed by atoms with van der Waals surface area (Å²) in [6.45, 7) is 8.44. The maximum absolute atomic E-state index is 12.8. The van der Waals surface area contributed by atoms with Crippen LogP contribution in [0.2, 0.25) is 0 Å². The van der Waals surface area contributed by atoms with Gasteiger partial charge in [-0.05, 0) is 51.5 Å². The maximum Gasteiger partial charge on any atom is 0.269 e. The highest BCUT2D eigenvalue weighted by molar-refractivity contribution is 6.05. The van der Waals surface area contributed by atoms with Gasteiger partial charge in [-0.3, -0.25) is 14.9 Å². The van der Waals surface area contributed by atoms with Crippen LogP contribution >= 0.6 is 0 Å². The summed E-state index contributed by atoms with van der Waals surface area (Å²) in [5.41, 5.74) is 1.37. The number of nitrogens with one attached hydrogen (secondary N) is 1. The number of aryl methyl sites for hydroxylation is 1. The molecule has 0 radical (unpaired) electrons. The molecule has 0 aliphatic carbocycles. The Balaban J connectivity index is 2.37. The molecule has 8 nitrogen and oxygen atoms in total. The van der Waals surface area contributed by atoms with Crippen molar-refractivity contribution in [2.45, 2.75) is 27.7 Å². The fourth-order valence-electron chi connectivity index (χ4n) is 2.62. The van der Waals surface area contributed by atoms with E-state index in [9.17, 15) is 14.9 Å². The lowest BCUT2D eigenvalue weighted by Gasteiger charge is -2.17. The molecule has 0 bridgehead atoms. The lowest BCUT2D eigenvalue weighted by Crippen LogP contribution is -2.14. The number of amides is 1. The number of anilines is 1. The smallest absolute Gasteiger partial charge is 0.269 e. The Morgan fingerprint density at radius 3 is 2.04 bits per heavy atom. The first-order chi connectivity index (χ1) is 13.4. The summed E-state index contributed by atoms with van der Waals surface area (Å²) in [6, 6.07) is 7.44. The van der Waals surface area contributed by atoms with Crippen LogP contribution in [0.1, 0.15) is 36.7 Å². The number of nitrogens with zero attached hydrogens (tertiary/aromatic N) is 1. The van der Waals surface area contributed by atoms with Crippen LogP contribution in [0.4, 0.5) is 11.4 Å². The van der Waals surface area contributed by atoms with Gasteiger partial charge in [0.15, 0.2) is 11.5 Å². The Morgan fingerprint density at radius 1 is 1.00 bits per heavy atom. The Labute approximate surface area is 163 Å². The second-order valence-corrected chi connectivity index (χ2v) is 5.81. The van der Waals surface area contributed by atoms with E-state index in [1.54, 1.807) is 19.1 Å². The molecule has 0 spiro atoms. The van der Waals surface area contributed by atoms with Gasteiger partial charge >= 0.3 is 0 Å². The van der Waals surface area contributed by atoms with E-state index in [2.05, 4.69) is 5.32 Å². The molecule has 0 saturated heterocycles. The Morgan fingerprint density at radius 2 is 1.57 bits per heavy atom. The van der Waals surface area contributed by atoms with Crippen LogP contribution in [0.5, 0.6) is 17.2 Å². The predicted molar refractivity (Wildman–Crippen MR) is 106 cm³/mol. The van der Waals surface area contributed by atoms with Gasteiger partial charge < -0.3 is 19.5 Å². The highest BCUT2D eigenvalue weighted by atomic mass is 16.6. The second-order valence-electron chi connectivity index (χ2n) is 5.81. The summed E-state index contributed by atoms with van der Waals surface area (Å²) in [6.07, 6.45) is 0. The number of carbonyl (C=O) groups excluding carboxylic acids is 1. The molecule has 0 saturated carbocycles. The topological polar surface area (TPSA) is 99.9 Å². The van der Waals surface area contributed by atoms with Gasteiger partial charge in [0, 0.05) is 23.4 Å². The van der Waals surface area contributed by atoms with Crippen LogP contribution in [0.15, 0.2) is 30.3 Å². The van der Waals surface area contributed by atoms with Crippen molar-refractivity contribution in [1.82, 2.24) is 0 Å². The van der Waals surface area contributed by atoms with Crippen LogP contribution in [-0.4, -0.2) is 30.7 Å². The third-order valence-corrected chi connectivity index (χ3v) is 3.84. The normalized spacial score (nSPS) is 10.3. The van der Waals surface area contributed by atoms with Gasteiger partial charge in [0.25, 0.3) is 11.6 Å². The van der Waals surface area contributed by atoms with E-state index in [0.29, 0.717) is 53.9 Å². The zero-order valence-electron chi connectivity index (χ0n) is 16.4. The first-order valence-electron chi connectivity index (χ1n) is 9.04. The average Bonchev–Trinajstić information content (AvgIpc) is 2.65. The monoisotopic (exact) mass is 388 g/mol. The molecule has 1 N–H and O–H groups in total. The fraction of sp³-hybridized carbons (Fsp3) is 0.350. The maximum atomic E-state index is 12.8. The van der Waals surface area contributed by atoms with E-state index >= 15 is 0 Å². The molecule has 0 heterocycles. The zero-order chi connectivity index (χ0) is 20.7. The number of hydrogen-bond acceptors (Lipinski definition) is 6. The molecule has 0 aliphatic heterocycles. The van der Waals surface area contributed by atoms with Gasteiger partial charge in [0.05, 0.1) is 24.7 Å². The number of non-ortho nitro benzene ring substituents is 1. The van der Waals surface area contributed by atoms with Gasteiger partial charge in [-0.15, -0.1) is 0 Å². The molecule has 0 aliphatic rings. The highest BCUT2D eigenvalue weighted by Crippen LogP contribution is 2.39. The van der Waals surface area contributed by atoms with Crippen LogP contribution in [0.3, 0.4) is 0 Å². The first-order valence-corrected chi connectivity index (χ1v) is 9.04. The largest absolute Gasteiger partial charge is 0.490 e. The zero-order valence-corrected chi connectivity index (χ0v) is 16.4. The second kappa shape index (κ2) is 9.59. The molecule has 0 atom stereocenters. The predicted octanol–water partition coefficient (Wildman–Crippen LogP) is 4.35. The molecule has 0 fully saturated rings. The molecule has 2 aromatic rings. The summed E-state index contributed by atoms with van der Waals surface area (Å²) >= 11 is 0. The summed E-state index contributed by atoms with van der Waals surface area (Å²) in [5.74, 6) is 0.901. The van der Waals surface area contributed by atoms with Crippen molar-refractivity contribution in [2.24, 2.45) is 0 Å². The Hall–Kier alpha value is -3.29. The highest BCUT2D eigenvalue weighted by Gasteiger charge is 2.19. The fourth-order valence-corrected chi connectivity index (χ4v) is 2.62. The average molecular weight is 388 g/mol. The molecular weight excluding hydrogens is 364 g/mol. The van der Waals surface area contributed by atoms with Crippen molar-refractivity contribution in [1.29, 1.82) is 0 Å². The number of rotatable bonds is 9. The summed E-state index contributed by atoms with van der Waals surface area (Å²) in [7, 11) is 0. The standard InChI is InChI=1S/C20H24N2O6/c1-5-26-17-11-14(12-18(27-6-2)19(17)28-7-3)20(23)21-16-9-8-15(22(24)25)10-13(16)4/h8-12H,5-7H2,1-4H3,(H,21,23). The van der Waals surface area contributed by atoms with E-state index in [1.807, 2.05) is 20.8 Å². The number of nitro groups is 1. The number of hydrogen-bond donors (Lipinski definition) is 1. The Kier molecular flexibility index (Phi) is 7.20. The Bertz CT molecular complexity index is 839. The lowest BCUT2D eigenvalue weighted by atomic mass is 10.1. The molecule has 28 heavy (non-hydrogen) atoms. The minimum absolute atomic E-state index is 0.0335. The number of nitro benzene ring substituents is 1. The summed E-state index contributed by atoms with van der Waals surface area (Å²) in [5, 5.41) is 13.6. The van der Waals surface area contributed by atoms with Crippen molar-refractivity contribution >= 4 is 17.3 Å². The number of benzene rings is 2. The van der Waals surface area contributed by atoms with Crippen molar-refractivity contribution in [3.8, 4) is 17.2 Å². The molecule has 2 aromatic carbocycles.